The summed E-state index contributed by atoms with van der Waals surface area (Å²) in [6.45, 7) is 10.4. The summed E-state index contributed by atoms with van der Waals surface area (Å²) in [5.74, 6) is -0.373. The molecule has 0 spiro atoms. The molecule has 0 radical (unpaired) electrons. The average molecular weight is 497 g/mol. The molecule has 0 aromatic carbocycles. The smallest absolute Gasteiger partial charge is 0.145 e. The molecule has 3 aliphatic carbocycles. The van der Waals surface area contributed by atoms with Crippen LogP contribution in [0.4, 0.5) is 0 Å². The molecule has 0 bridgehead atoms. The van der Waals surface area contributed by atoms with Crippen LogP contribution in [0, 0.1) is 52.3 Å². The molecule has 0 aromatic rings. The number of carbonyl (C=O) groups excluding carboxylic acids is 1. The highest BCUT2D eigenvalue weighted by Crippen LogP contribution is 2.60. The highest BCUT2D eigenvalue weighted by molar-refractivity contribution is 5.89. The van der Waals surface area contributed by atoms with Gasteiger partial charge in [0.05, 0.1) is 30.3 Å². The molecule has 3 rings (SSSR count). The zero-order chi connectivity index (χ0) is 26.3. The zero-order valence-corrected chi connectivity index (χ0v) is 22.0. The predicted molar refractivity (Wildman–Crippen MR) is 133 cm³/mol. The number of Topliss-reactive ketones (excluding diaryl/α,β-unsaturated/α-hetero) is 1. The van der Waals surface area contributed by atoms with Crippen molar-refractivity contribution in [2.45, 2.75) is 91.1 Å². The van der Waals surface area contributed by atoms with Crippen LogP contribution in [-0.2, 0) is 4.79 Å². The van der Waals surface area contributed by atoms with Crippen LogP contribution in [-0.4, -0.2) is 74.1 Å². The summed E-state index contributed by atoms with van der Waals surface area (Å²) < 4.78 is 0. The Kier molecular flexibility index (Phi) is 8.93. The lowest BCUT2D eigenvalue weighted by Gasteiger charge is -2.56. The van der Waals surface area contributed by atoms with Crippen LogP contribution in [0.15, 0.2) is 12.2 Å². The van der Waals surface area contributed by atoms with Gasteiger partial charge >= 0.3 is 0 Å². The van der Waals surface area contributed by atoms with Crippen molar-refractivity contribution in [3.63, 3.8) is 0 Å². The Labute approximate surface area is 210 Å². The first kappa shape index (κ1) is 28.7. The second-order valence-corrected chi connectivity index (χ2v) is 12.5. The van der Waals surface area contributed by atoms with E-state index < -0.39 is 48.3 Å². The standard InChI is InChI=1S/C28H48O7/c1-15(2)16(3)6-7-17(4)19-8-9-20(27(19,5)10-11-29)18-12-21(31)23-25(34)24(33)22(32)13-28(23,14-30)26(18)35/h6-7,15-25,29-34H,8-14H2,1-5H3. The van der Waals surface area contributed by atoms with Crippen molar-refractivity contribution in [1.29, 1.82) is 0 Å². The van der Waals surface area contributed by atoms with Crippen LogP contribution in [0.25, 0.3) is 0 Å². The highest BCUT2D eigenvalue weighted by Gasteiger charge is 2.65. The highest BCUT2D eigenvalue weighted by atomic mass is 16.4. The fourth-order valence-electron chi connectivity index (χ4n) is 7.87. The number of aliphatic hydroxyl groups excluding tert-OH is 6. The van der Waals surface area contributed by atoms with E-state index in [2.05, 4.69) is 46.8 Å². The van der Waals surface area contributed by atoms with Crippen LogP contribution < -0.4 is 0 Å². The van der Waals surface area contributed by atoms with Crippen molar-refractivity contribution >= 4 is 5.78 Å². The van der Waals surface area contributed by atoms with E-state index in [1.807, 2.05) is 0 Å². The van der Waals surface area contributed by atoms with Gasteiger partial charge in [-0.15, -0.1) is 0 Å². The Morgan fingerprint density at radius 3 is 2.20 bits per heavy atom. The van der Waals surface area contributed by atoms with Crippen molar-refractivity contribution in [2.75, 3.05) is 13.2 Å². The van der Waals surface area contributed by atoms with Crippen LogP contribution in [0.5, 0.6) is 0 Å². The zero-order valence-electron chi connectivity index (χ0n) is 22.0. The molecule has 12 unspecified atom stereocenters. The van der Waals surface area contributed by atoms with Gasteiger partial charge in [-0.3, -0.25) is 4.79 Å². The molecule has 3 saturated carbocycles. The van der Waals surface area contributed by atoms with Crippen molar-refractivity contribution in [2.24, 2.45) is 52.3 Å². The average Bonchev–Trinajstić information content (AvgIpc) is 3.14. The minimum atomic E-state index is -1.49. The SMILES string of the molecule is CC(C)C(C)C=CC(C)C1CCC(C2CC(O)C3C(O)C(O)C(O)CC3(CO)C2=O)C1(C)CCO. The van der Waals surface area contributed by atoms with Gasteiger partial charge < -0.3 is 30.6 Å². The predicted octanol–water partition coefficient (Wildman–Crippen LogP) is 1.92. The molecule has 202 valence electrons. The number of rotatable bonds is 8. The van der Waals surface area contributed by atoms with Gasteiger partial charge in [0.25, 0.3) is 0 Å². The fourth-order valence-corrected chi connectivity index (χ4v) is 7.87. The third kappa shape index (κ3) is 4.89. The molecule has 7 nitrogen and oxygen atoms in total. The molecule has 35 heavy (non-hydrogen) atoms. The van der Waals surface area contributed by atoms with Gasteiger partial charge in [0, 0.05) is 18.4 Å². The molecular weight excluding hydrogens is 448 g/mol. The van der Waals surface area contributed by atoms with E-state index in [4.69, 9.17) is 0 Å². The molecule has 0 aromatic heterocycles. The van der Waals surface area contributed by atoms with Gasteiger partial charge in [0.15, 0.2) is 0 Å². The van der Waals surface area contributed by atoms with E-state index in [0.29, 0.717) is 18.3 Å². The second kappa shape index (κ2) is 10.9. The largest absolute Gasteiger partial charge is 0.396 e. The van der Waals surface area contributed by atoms with Crippen LogP contribution in [0.3, 0.4) is 0 Å². The first-order chi connectivity index (χ1) is 16.4. The lowest BCUT2D eigenvalue weighted by molar-refractivity contribution is -0.216. The minimum absolute atomic E-state index is 0.00316. The third-order valence-corrected chi connectivity index (χ3v) is 10.4. The summed E-state index contributed by atoms with van der Waals surface area (Å²) in [5, 5.41) is 62.8. The lowest BCUT2D eigenvalue weighted by atomic mass is 9.50. The van der Waals surface area contributed by atoms with E-state index in [1.54, 1.807) is 0 Å². The van der Waals surface area contributed by atoms with Gasteiger partial charge in [-0.05, 0) is 67.1 Å². The summed E-state index contributed by atoms with van der Waals surface area (Å²) >= 11 is 0. The van der Waals surface area contributed by atoms with E-state index in [-0.39, 0.29) is 48.4 Å². The van der Waals surface area contributed by atoms with E-state index in [0.717, 1.165) is 12.8 Å². The third-order valence-electron chi connectivity index (χ3n) is 10.4. The van der Waals surface area contributed by atoms with Crippen molar-refractivity contribution < 1.29 is 35.4 Å². The molecule has 0 saturated heterocycles. The summed E-state index contributed by atoms with van der Waals surface area (Å²) in [4.78, 5) is 14.1. The second-order valence-electron chi connectivity index (χ2n) is 12.5. The van der Waals surface area contributed by atoms with Crippen molar-refractivity contribution in [3.8, 4) is 0 Å². The van der Waals surface area contributed by atoms with Gasteiger partial charge in [0.2, 0.25) is 0 Å². The summed E-state index contributed by atoms with van der Waals surface area (Å²) in [7, 11) is 0. The topological polar surface area (TPSA) is 138 Å². The van der Waals surface area contributed by atoms with Crippen LogP contribution in [0.1, 0.15) is 66.7 Å². The molecule has 3 fully saturated rings. The summed E-state index contributed by atoms with van der Waals surface area (Å²) in [6, 6.07) is 0. The molecule has 0 heterocycles. The molecule has 0 amide bonds. The summed E-state index contributed by atoms with van der Waals surface area (Å²) in [5.41, 5.74) is -1.83. The molecule has 12 atom stereocenters. The fraction of sp³-hybridized carbons (Fsp3) is 0.893. The quantitative estimate of drug-likeness (QED) is 0.282. The van der Waals surface area contributed by atoms with Crippen molar-refractivity contribution in [1.82, 2.24) is 0 Å². The number of hydrogen-bond acceptors (Lipinski definition) is 7. The summed E-state index contributed by atoms with van der Waals surface area (Å²) in [6.07, 6.45) is 1.35. The number of allylic oxidation sites excluding steroid dienone is 2. The number of carbonyl (C=O) groups is 1. The minimum Gasteiger partial charge on any atom is -0.396 e. The maximum atomic E-state index is 14.1. The van der Waals surface area contributed by atoms with Crippen molar-refractivity contribution in [3.05, 3.63) is 12.2 Å². The van der Waals surface area contributed by atoms with E-state index in [9.17, 15) is 35.4 Å². The van der Waals surface area contributed by atoms with Gasteiger partial charge in [-0.1, -0.05) is 46.8 Å². The molecule has 7 heteroatoms. The van der Waals surface area contributed by atoms with Crippen LogP contribution >= 0.6 is 0 Å². The van der Waals surface area contributed by atoms with Gasteiger partial charge in [-0.25, -0.2) is 0 Å². The Morgan fingerprint density at radius 2 is 1.63 bits per heavy atom. The Morgan fingerprint density at radius 1 is 0.971 bits per heavy atom. The Hall–Kier alpha value is -0.830. The Balaban J connectivity index is 1.93. The normalized spacial score (nSPS) is 46.2. The maximum Gasteiger partial charge on any atom is 0.145 e. The molecule has 3 aliphatic rings. The lowest BCUT2D eigenvalue weighted by Crippen LogP contribution is -2.67. The van der Waals surface area contributed by atoms with Gasteiger partial charge in [0.1, 0.15) is 11.9 Å². The maximum absolute atomic E-state index is 14.1. The number of hydrogen-bond donors (Lipinski definition) is 6. The number of aliphatic hydroxyl groups is 6. The van der Waals surface area contributed by atoms with Gasteiger partial charge in [-0.2, -0.15) is 0 Å². The van der Waals surface area contributed by atoms with Crippen LogP contribution in [0.2, 0.25) is 0 Å². The van der Waals surface area contributed by atoms with E-state index in [1.165, 1.54) is 0 Å². The monoisotopic (exact) mass is 496 g/mol. The first-order valence-corrected chi connectivity index (χ1v) is 13.5. The molecule has 0 aliphatic heterocycles. The molecular formula is C28H48O7. The first-order valence-electron chi connectivity index (χ1n) is 13.5. The number of ketones is 1. The van der Waals surface area contributed by atoms with E-state index >= 15 is 0 Å². The Bertz CT molecular complexity index is 768. The number of fused-ring (bicyclic) bond motifs is 1. The molecule has 6 N–H and O–H groups in total.